The lowest BCUT2D eigenvalue weighted by molar-refractivity contribution is 0.285. The molecule has 2 aromatic carbocycles. The van der Waals surface area contributed by atoms with E-state index in [0.717, 1.165) is 50.1 Å². The summed E-state index contributed by atoms with van der Waals surface area (Å²) in [5.41, 5.74) is 3.52. The minimum atomic E-state index is -0.735. The Bertz CT molecular complexity index is 1370. The minimum Gasteiger partial charge on any atom is -0.494 e. The van der Waals surface area contributed by atoms with Crippen molar-refractivity contribution in [3.63, 3.8) is 0 Å². The average molecular weight is 415 g/mol. The van der Waals surface area contributed by atoms with Gasteiger partial charge < -0.3 is 14.1 Å². The van der Waals surface area contributed by atoms with E-state index < -0.39 is 5.41 Å². The molecular weight excluding hydrogens is 388 g/mol. The Balaban J connectivity index is 1.54. The first-order chi connectivity index (χ1) is 14.8. The van der Waals surface area contributed by atoms with Crippen molar-refractivity contribution in [1.29, 1.82) is 5.26 Å². The molecule has 4 rings (SSSR count). The number of furan rings is 1. The molecule has 0 saturated heterocycles. The molecule has 0 aliphatic rings. The maximum Gasteiger partial charge on any atom is 0.251 e. The fourth-order valence-electron chi connectivity index (χ4n) is 3.90. The van der Waals surface area contributed by atoms with Gasteiger partial charge in [-0.05, 0) is 74.0 Å². The SMILES string of the molecule is CCc1cc2ccc(C(C)(C#N)CCOc3ccc4oc(C)c(C)c4c3)cc2[nH]c1=O. The summed E-state index contributed by atoms with van der Waals surface area (Å²) in [6, 6.07) is 16.0. The van der Waals surface area contributed by atoms with Crippen molar-refractivity contribution >= 4 is 21.9 Å². The quantitative estimate of drug-likeness (QED) is 0.439. The van der Waals surface area contributed by atoms with E-state index in [1.807, 2.05) is 70.2 Å². The summed E-state index contributed by atoms with van der Waals surface area (Å²) in [5.74, 6) is 1.66. The maximum absolute atomic E-state index is 12.2. The summed E-state index contributed by atoms with van der Waals surface area (Å²) < 4.78 is 11.7. The Hall–Kier alpha value is -3.52. The summed E-state index contributed by atoms with van der Waals surface area (Å²) in [6.07, 6.45) is 1.21. The van der Waals surface area contributed by atoms with E-state index >= 15 is 0 Å². The first-order valence-corrected chi connectivity index (χ1v) is 10.5. The van der Waals surface area contributed by atoms with E-state index in [2.05, 4.69) is 11.1 Å². The highest BCUT2D eigenvalue weighted by atomic mass is 16.5. The van der Waals surface area contributed by atoms with Gasteiger partial charge in [0.25, 0.3) is 5.56 Å². The lowest BCUT2D eigenvalue weighted by Crippen LogP contribution is -2.23. The monoisotopic (exact) mass is 414 g/mol. The number of nitrogens with one attached hydrogen (secondary N) is 1. The molecule has 0 fully saturated rings. The molecule has 5 heteroatoms. The number of pyridine rings is 1. The van der Waals surface area contributed by atoms with Gasteiger partial charge in [0.2, 0.25) is 0 Å². The normalized spacial score (nSPS) is 13.3. The zero-order valence-electron chi connectivity index (χ0n) is 18.3. The Labute approximate surface area is 181 Å². The van der Waals surface area contributed by atoms with Crippen LogP contribution in [-0.4, -0.2) is 11.6 Å². The molecule has 2 aromatic heterocycles. The maximum atomic E-state index is 12.2. The van der Waals surface area contributed by atoms with Crippen LogP contribution < -0.4 is 10.3 Å². The van der Waals surface area contributed by atoms with Crippen molar-refractivity contribution in [3.05, 3.63) is 75.3 Å². The van der Waals surface area contributed by atoms with E-state index in [4.69, 9.17) is 9.15 Å². The highest BCUT2D eigenvalue weighted by Gasteiger charge is 2.27. The van der Waals surface area contributed by atoms with E-state index in [1.165, 1.54) is 0 Å². The summed E-state index contributed by atoms with van der Waals surface area (Å²) in [7, 11) is 0. The largest absolute Gasteiger partial charge is 0.494 e. The molecule has 0 bridgehead atoms. The van der Waals surface area contributed by atoms with Gasteiger partial charge in [-0.1, -0.05) is 19.1 Å². The standard InChI is InChI=1S/C26H26N2O3/c1-5-18-12-19-6-7-20(13-23(19)28-25(18)29)26(4,15-27)10-11-30-21-8-9-24-22(14-21)16(2)17(3)31-24/h6-9,12-14H,5,10-11H2,1-4H3,(H,28,29). The minimum absolute atomic E-state index is 0.0747. The van der Waals surface area contributed by atoms with E-state index in [9.17, 15) is 10.1 Å². The van der Waals surface area contributed by atoms with Crippen molar-refractivity contribution < 1.29 is 9.15 Å². The molecule has 2 heterocycles. The summed E-state index contributed by atoms with van der Waals surface area (Å²) in [6.45, 7) is 8.25. The second-order valence-electron chi connectivity index (χ2n) is 8.26. The average Bonchev–Trinajstić information content (AvgIpc) is 3.06. The van der Waals surface area contributed by atoms with Crippen molar-refractivity contribution in [2.75, 3.05) is 6.61 Å². The molecule has 1 unspecified atom stereocenters. The van der Waals surface area contributed by atoms with Crippen LogP contribution in [0.1, 0.15) is 42.7 Å². The van der Waals surface area contributed by atoms with Gasteiger partial charge in [0.15, 0.2) is 0 Å². The lowest BCUT2D eigenvalue weighted by atomic mass is 9.81. The topological polar surface area (TPSA) is 79.0 Å². The van der Waals surface area contributed by atoms with Gasteiger partial charge in [-0.25, -0.2) is 0 Å². The molecule has 0 spiro atoms. The van der Waals surface area contributed by atoms with Crippen LogP contribution in [0.25, 0.3) is 21.9 Å². The number of hydrogen-bond acceptors (Lipinski definition) is 4. The number of aromatic amines is 1. The highest BCUT2D eigenvalue weighted by Crippen LogP contribution is 2.31. The molecule has 1 N–H and O–H groups in total. The van der Waals surface area contributed by atoms with Crippen molar-refractivity contribution in [2.45, 2.75) is 46.0 Å². The van der Waals surface area contributed by atoms with Crippen LogP contribution in [0, 0.1) is 25.2 Å². The van der Waals surface area contributed by atoms with Crippen LogP contribution in [0.2, 0.25) is 0 Å². The molecule has 0 aliphatic carbocycles. The third-order valence-electron chi connectivity index (χ3n) is 6.20. The summed E-state index contributed by atoms with van der Waals surface area (Å²) in [4.78, 5) is 15.1. The molecule has 0 saturated carbocycles. The van der Waals surface area contributed by atoms with Gasteiger partial charge in [-0.2, -0.15) is 5.26 Å². The molecule has 0 aliphatic heterocycles. The Morgan fingerprint density at radius 2 is 1.97 bits per heavy atom. The van der Waals surface area contributed by atoms with Gasteiger partial charge in [-0.3, -0.25) is 4.79 Å². The zero-order valence-corrected chi connectivity index (χ0v) is 18.3. The predicted octanol–water partition coefficient (Wildman–Crippen LogP) is 5.70. The second-order valence-corrected chi connectivity index (χ2v) is 8.26. The van der Waals surface area contributed by atoms with Gasteiger partial charge in [0.1, 0.15) is 17.1 Å². The van der Waals surface area contributed by atoms with Crippen molar-refractivity contribution in [3.8, 4) is 11.8 Å². The number of aromatic nitrogens is 1. The van der Waals surface area contributed by atoms with Gasteiger partial charge in [0, 0.05) is 22.9 Å². The first-order valence-electron chi connectivity index (χ1n) is 10.5. The number of fused-ring (bicyclic) bond motifs is 2. The van der Waals surface area contributed by atoms with Gasteiger partial charge in [0.05, 0.1) is 18.1 Å². The van der Waals surface area contributed by atoms with Crippen LogP contribution in [0.3, 0.4) is 0 Å². The smallest absolute Gasteiger partial charge is 0.251 e. The number of aryl methyl sites for hydroxylation is 3. The molecule has 4 aromatic rings. The number of ether oxygens (including phenoxy) is 1. The molecule has 5 nitrogen and oxygen atoms in total. The summed E-state index contributed by atoms with van der Waals surface area (Å²) >= 11 is 0. The molecule has 158 valence electrons. The van der Waals surface area contributed by atoms with Crippen LogP contribution in [-0.2, 0) is 11.8 Å². The Morgan fingerprint density at radius 1 is 1.16 bits per heavy atom. The van der Waals surface area contributed by atoms with Gasteiger partial charge >= 0.3 is 0 Å². The van der Waals surface area contributed by atoms with Crippen molar-refractivity contribution in [1.82, 2.24) is 4.98 Å². The predicted molar refractivity (Wildman–Crippen MR) is 123 cm³/mol. The highest BCUT2D eigenvalue weighted by molar-refractivity contribution is 5.83. The Kier molecular flexibility index (Phi) is 5.32. The van der Waals surface area contributed by atoms with E-state index in [1.54, 1.807) is 0 Å². The third kappa shape index (κ3) is 3.82. The third-order valence-corrected chi connectivity index (χ3v) is 6.20. The molecular formula is C26H26N2O3. The van der Waals surface area contributed by atoms with Crippen LogP contribution in [0.5, 0.6) is 5.75 Å². The second kappa shape index (κ2) is 7.96. The van der Waals surface area contributed by atoms with Crippen LogP contribution in [0.4, 0.5) is 0 Å². The Morgan fingerprint density at radius 3 is 2.71 bits per heavy atom. The molecule has 1 atom stereocenters. The lowest BCUT2D eigenvalue weighted by Gasteiger charge is -2.22. The number of nitrogens with zero attached hydrogens (tertiary/aromatic N) is 1. The molecule has 31 heavy (non-hydrogen) atoms. The summed E-state index contributed by atoms with van der Waals surface area (Å²) in [5, 5.41) is 11.9. The number of hydrogen-bond donors (Lipinski definition) is 1. The molecule has 0 radical (unpaired) electrons. The fourth-order valence-corrected chi connectivity index (χ4v) is 3.90. The number of benzene rings is 2. The van der Waals surface area contributed by atoms with Gasteiger partial charge in [-0.15, -0.1) is 0 Å². The molecule has 0 amide bonds. The fraction of sp³-hybridized carbons (Fsp3) is 0.308. The number of rotatable bonds is 6. The first kappa shape index (κ1) is 20.7. The van der Waals surface area contributed by atoms with Crippen LogP contribution >= 0.6 is 0 Å². The van der Waals surface area contributed by atoms with Crippen molar-refractivity contribution in [2.24, 2.45) is 0 Å². The number of H-pyrrole nitrogens is 1. The zero-order chi connectivity index (χ0) is 22.2. The van der Waals surface area contributed by atoms with E-state index in [-0.39, 0.29) is 5.56 Å². The van der Waals surface area contributed by atoms with Crippen LogP contribution in [0.15, 0.2) is 51.7 Å². The van der Waals surface area contributed by atoms with E-state index in [0.29, 0.717) is 19.4 Å². The number of nitriles is 1.